The molecule has 0 heterocycles. The zero-order chi connectivity index (χ0) is 69.2. The fourth-order valence-electron chi connectivity index (χ4n) is 25.8. The molecular formula is C82H92O17. The van der Waals surface area contributed by atoms with Crippen molar-refractivity contribution in [1.82, 2.24) is 0 Å². The van der Waals surface area contributed by atoms with Crippen LogP contribution in [0, 0.1) is 65.1 Å². The molecule has 17 N–H and O–H groups in total. The highest BCUT2D eigenvalue weighted by molar-refractivity contribution is 5.62. The van der Waals surface area contributed by atoms with Gasteiger partial charge >= 0.3 is 0 Å². The van der Waals surface area contributed by atoms with Crippen molar-refractivity contribution in [3.8, 4) is 97.7 Å². The molecule has 0 spiro atoms. The molecular weight excluding hydrogens is 1260 g/mol. The van der Waals surface area contributed by atoms with Crippen molar-refractivity contribution in [2.45, 2.75) is 180 Å². The molecule has 16 fully saturated rings. The summed E-state index contributed by atoms with van der Waals surface area (Å²) in [5.41, 5.74) is 4.26. The largest absolute Gasteiger partial charge is 0.508 e. The highest BCUT2D eigenvalue weighted by atomic mass is 16.3. The van der Waals surface area contributed by atoms with Gasteiger partial charge in [0.2, 0.25) is 17.2 Å². The van der Waals surface area contributed by atoms with Crippen LogP contribution in [0.1, 0.15) is 187 Å². The minimum Gasteiger partial charge on any atom is -0.508 e. The third-order valence-corrected chi connectivity index (χ3v) is 27.6. The SMILES string of the molecule is Oc1ccc(C2(c3ccc(O)cc3O)C3CC4CC(C3)CC2C4)c(O)c1.Oc1ccc(C23CC4CC(C2)CC(c2ccc(O)c(O)c2O)(C4)C3)c(O)c1O.Oc1ccc(C23CC4CC(C2)CC(c2ccc(O)cc2O)(C4)C3)c(O)c1.Oc1ccc(C23CC4CC(CC(C4)C2)C3)c(O)c1O. The standard InChI is InChI=1S/C22H24O6.2C22H24O4.C16H20O3/c23-15-3-1-13(17(25)19(15)27)21-6-11-5-12(7-21)9-22(8-11,10-21)14-2-4-16(24)20(28)18(14)26;23-15-1-3-17(19(25)6-15)21-8-13-5-14(9-21)11-22(10-13,12-21)18-4-2-16(24)7-20(18)26;23-16-1-3-18(20(25)10-16)22(19-4-2-17(24)11-21(19)26)14-6-12-5-13(8-14)9-15(22)7-12;17-13-2-1-12(14(18)15(13)19)16-6-9-3-10(7-16)5-11(4-9)8-16/h1-4,11-12,23-28H,5-10H2;1-4,6-7,13-14,23-26H,5,8-12H2;1-4,10-15,23-26H,5-9H2;1-2,9-11,17-19H,3-8H2. The third-order valence-electron chi connectivity index (χ3n) is 27.6. The predicted octanol–water partition coefficient (Wildman–Crippen LogP) is 15.5. The van der Waals surface area contributed by atoms with Crippen molar-refractivity contribution in [2.75, 3.05) is 0 Å². The lowest BCUT2D eigenvalue weighted by Gasteiger charge is -2.62. The van der Waals surface area contributed by atoms with E-state index in [-0.39, 0.29) is 113 Å². The fourth-order valence-corrected chi connectivity index (χ4v) is 25.8. The second kappa shape index (κ2) is 23.1. The number of hydrogen-bond acceptors (Lipinski definition) is 17. The minimum absolute atomic E-state index is 0.0418. The number of phenols is 17. The van der Waals surface area contributed by atoms with E-state index in [1.807, 2.05) is 30.3 Å². The van der Waals surface area contributed by atoms with Gasteiger partial charge in [0.25, 0.3) is 0 Å². The second-order valence-electron chi connectivity index (χ2n) is 33.7. The monoisotopic (exact) mass is 1350 g/mol. The zero-order valence-electron chi connectivity index (χ0n) is 55.6. The molecule has 16 aliphatic rings. The molecule has 23 rings (SSSR count). The molecule has 0 saturated heterocycles. The van der Waals surface area contributed by atoms with Crippen molar-refractivity contribution in [1.29, 1.82) is 0 Å². The van der Waals surface area contributed by atoms with Gasteiger partial charge in [-0.25, -0.2) is 0 Å². The number of aromatic hydroxyl groups is 17. The van der Waals surface area contributed by atoms with Crippen LogP contribution >= 0.6 is 0 Å². The summed E-state index contributed by atoms with van der Waals surface area (Å²) in [6, 6.07) is 29.2. The molecule has 7 aromatic carbocycles. The normalized spacial score (nSPS) is 34.4. The average molecular weight is 1350 g/mol. The summed E-state index contributed by atoms with van der Waals surface area (Å²) in [7, 11) is 0. The highest BCUT2D eigenvalue weighted by Gasteiger charge is 2.64. The van der Waals surface area contributed by atoms with Gasteiger partial charge in [0, 0.05) is 90.3 Å². The Morgan fingerprint density at radius 3 is 0.727 bits per heavy atom. The molecule has 99 heavy (non-hydrogen) atoms. The summed E-state index contributed by atoms with van der Waals surface area (Å²) >= 11 is 0. The summed E-state index contributed by atoms with van der Waals surface area (Å²) in [6.45, 7) is 0. The van der Waals surface area contributed by atoms with Gasteiger partial charge in [0.1, 0.15) is 46.0 Å². The van der Waals surface area contributed by atoms with Crippen molar-refractivity contribution in [3.63, 3.8) is 0 Å². The molecule has 0 unspecified atom stereocenters. The molecule has 16 aliphatic carbocycles. The van der Waals surface area contributed by atoms with E-state index in [4.69, 9.17) is 0 Å². The lowest BCUT2D eigenvalue weighted by Crippen LogP contribution is -2.56. The van der Waals surface area contributed by atoms with E-state index in [0.29, 0.717) is 53.1 Å². The van der Waals surface area contributed by atoms with Crippen LogP contribution in [0.15, 0.2) is 109 Å². The van der Waals surface area contributed by atoms with Crippen LogP contribution < -0.4 is 0 Å². The van der Waals surface area contributed by atoms with Gasteiger partial charge in [-0.2, -0.15) is 0 Å². The Morgan fingerprint density at radius 2 is 0.434 bits per heavy atom. The van der Waals surface area contributed by atoms with E-state index in [1.54, 1.807) is 36.4 Å². The molecule has 17 heteroatoms. The average Bonchev–Trinajstić information content (AvgIpc) is 0.721. The first-order valence-electron chi connectivity index (χ1n) is 36.0. The van der Waals surface area contributed by atoms with E-state index in [1.165, 1.54) is 74.6 Å². The Kier molecular flexibility index (Phi) is 15.1. The first-order chi connectivity index (χ1) is 47.2. The number of phenolic OH excluding ortho intramolecular Hbond substituents is 17. The molecule has 522 valence electrons. The molecule has 0 aromatic heterocycles. The van der Waals surface area contributed by atoms with E-state index >= 15 is 0 Å². The summed E-state index contributed by atoms with van der Waals surface area (Å²) in [6.07, 6.45) is 24.8. The Labute approximate surface area is 575 Å². The van der Waals surface area contributed by atoms with Gasteiger partial charge in [-0.05, 0) is 261 Å². The van der Waals surface area contributed by atoms with Crippen LogP contribution in [0.25, 0.3) is 0 Å². The van der Waals surface area contributed by atoms with Crippen LogP contribution in [0.2, 0.25) is 0 Å². The maximum Gasteiger partial charge on any atom is 0.200 e. The van der Waals surface area contributed by atoms with Gasteiger partial charge in [-0.1, -0.05) is 42.5 Å². The van der Waals surface area contributed by atoms with Gasteiger partial charge < -0.3 is 86.8 Å². The second-order valence-corrected chi connectivity index (χ2v) is 33.7. The van der Waals surface area contributed by atoms with E-state index in [0.717, 1.165) is 167 Å². The molecule has 16 bridgehead atoms. The Bertz CT molecular complexity index is 4070. The first kappa shape index (κ1) is 64.8. The van der Waals surface area contributed by atoms with Gasteiger partial charge in [-0.15, -0.1) is 0 Å². The van der Waals surface area contributed by atoms with Crippen molar-refractivity contribution < 1.29 is 86.8 Å². The first-order valence-corrected chi connectivity index (χ1v) is 36.0. The highest BCUT2D eigenvalue weighted by Crippen LogP contribution is 2.72. The third kappa shape index (κ3) is 10.4. The van der Waals surface area contributed by atoms with E-state index < -0.39 is 16.9 Å². The van der Waals surface area contributed by atoms with Crippen molar-refractivity contribution in [2.24, 2.45) is 65.1 Å². The Morgan fingerprint density at radius 1 is 0.202 bits per heavy atom. The molecule has 7 aromatic rings. The smallest absolute Gasteiger partial charge is 0.200 e. The summed E-state index contributed by atoms with van der Waals surface area (Å²) < 4.78 is 0. The summed E-state index contributed by atoms with van der Waals surface area (Å²) in [5.74, 6) is 4.43. The van der Waals surface area contributed by atoms with Crippen molar-refractivity contribution >= 4 is 0 Å². The van der Waals surface area contributed by atoms with Gasteiger partial charge in [-0.3, -0.25) is 0 Å². The fraction of sp³-hybridized carbons (Fsp3) is 0.488. The topological polar surface area (TPSA) is 344 Å². The van der Waals surface area contributed by atoms with Crippen molar-refractivity contribution in [3.05, 3.63) is 148 Å². The van der Waals surface area contributed by atoms with E-state index in [2.05, 4.69) is 0 Å². The van der Waals surface area contributed by atoms with Gasteiger partial charge in [0.05, 0.1) is 0 Å². The number of rotatable bonds is 7. The molecule has 0 aliphatic heterocycles. The van der Waals surface area contributed by atoms with Crippen LogP contribution in [-0.2, 0) is 32.5 Å². The number of hydrogen-bond donors (Lipinski definition) is 17. The molecule has 0 radical (unpaired) electrons. The molecule has 17 nitrogen and oxygen atoms in total. The quantitative estimate of drug-likeness (QED) is 0.0659. The Hall–Kier alpha value is -8.86. The molecule has 16 saturated carbocycles. The van der Waals surface area contributed by atoms with Gasteiger partial charge in [0.15, 0.2) is 34.5 Å². The lowest BCUT2D eigenvalue weighted by molar-refractivity contribution is -0.0434. The number of benzene rings is 7. The van der Waals surface area contributed by atoms with E-state index in [9.17, 15) is 86.8 Å². The lowest BCUT2D eigenvalue weighted by atomic mass is 9.41. The minimum atomic E-state index is -0.493. The maximum absolute atomic E-state index is 10.8. The van der Waals surface area contributed by atoms with Crippen LogP contribution in [0.4, 0.5) is 0 Å². The molecule has 0 atom stereocenters. The predicted molar refractivity (Wildman–Crippen MR) is 367 cm³/mol. The maximum atomic E-state index is 10.8. The van der Waals surface area contributed by atoms with Crippen LogP contribution in [-0.4, -0.2) is 86.8 Å². The summed E-state index contributed by atoms with van der Waals surface area (Å²) in [5, 5.41) is 172. The zero-order valence-corrected chi connectivity index (χ0v) is 55.6. The van der Waals surface area contributed by atoms with Crippen LogP contribution in [0.5, 0.6) is 97.7 Å². The Balaban J connectivity index is 0.000000104. The molecule has 0 amide bonds. The van der Waals surface area contributed by atoms with Crippen LogP contribution in [0.3, 0.4) is 0 Å². The summed E-state index contributed by atoms with van der Waals surface area (Å²) in [4.78, 5) is 0.